The van der Waals surface area contributed by atoms with Crippen LogP contribution in [0, 0.1) is 28.6 Å². The molecule has 1 unspecified atom stereocenters. The highest BCUT2D eigenvalue weighted by Crippen LogP contribution is 2.70. The van der Waals surface area contributed by atoms with E-state index in [0.29, 0.717) is 45.1 Å². The molecule has 6 aliphatic rings. The number of carbonyl (C=O) groups excluding carboxylic acids is 2. The van der Waals surface area contributed by atoms with Crippen LogP contribution in [0.1, 0.15) is 78.1 Å². The van der Waals surface area contributed by atoms with Crippen molar-refractivity contribution in [3.63, 3.8) is 0 Å². The van der Waals surface area contributed by atoms with E-state index in [1.807, 2.05) is 0 Å². The second-order valence-corrected chi connectivity index (χ2v) is 13.3. The number of esters is 1. The van der Waals surface area contributed by atoms with E-state index in [0.717, 1.165) is 31.1 Å². The molecule has 2 aliphatic heterocycles. The summed E-state index contributed by atoms with van der Waals surface area (Å²) in [6.07, 6.45) is 4.50. The van der Waals surface area contributed by atoms with E-state index >= 15 is 0 Å². The molecule has 5 fully saturated rings. The lowest BCUT2D eigenvalue weighted by Gasteiger charge is -2.65. The Hall–Kier alpha value is -1.36. The van der Waals surface area contributed by atoms with E-state index < -0.39 is 46.6 Å². The second-order valence-electron chi connectivity index (χ2n) is 13.3. The van der Waals surface area contributed by atoms with Gasteiger partial charge in [0.05, 0.1) is 34.9 Å². The number of fused-ring (bicyclic) bond motifs is 5. The third-order valence-corrected chi connectivity index (χ3v) is 11.9. The summed E-state index contributed by atoms with van der Waals surface area (Å²) >= 11 is 0. The second kappa shape index (κ2) is 9.08. The van der Waals surface area contributed by atoms with Crippen LogP contribution in [0.25, 0.3) is 0 Å². The van der Waals surface area contributed by atoms with E-state index in [1.54, 1.807) is 13.0 Å². The predicted molar refractivity (Wildman–Crippen MR) is 133 cm³/mol. The van der Waals surface area contributed by atoms with Crippen molar-refractivity contribution in [2.24, 2.45) is 28.6 Å². The van der Waals surface area contributed by atoms with Crippen molar-refractivity contribution in [3.05, 3.63) is 11.6 Å². The van der Waals surface area contributed by atoms with Gasteiger partial charge >= 0.3 is 5.97 Å². The van der Waals surface area contributed by atoms with E-state index in [9.17, 15) is 30.0 Å². The zero-order valence-corrected chi connectivity index (χ0v) is 22.4. The zero-order valence-electron chi connectivity index (χ0n) is 22.4. The highest BCUT2D eigenvalue weighted by molar-refractivity contribution is 5.85. The molecule has 0 aromatic rings. The van der Waals surface area contributed by atoms with Crippen LogP contribution in [0.3, 0.4) is 0 Å². The van der Waals surface area contributed by atoms with Crippen molar-refractivity contribution in [2.75, 3.05) is 6.61 Å². The fourth-order valence-electron chi connectivity index (χ4n) is 9.76. The number of cyclic esters (lactones) is 1. The SMILES string of the molecule is C[C@H]1O[C@H](O[C@H]2CC[C@]3(C=O)[C@H]4CC[C@]5(C)[C@H](C6=CC(=O)OC6)CCC5(O)[C@@H]4CC[C@]3(O)C2)C[C@H](O)[C@@H]1O. The van der Waals surface area contributed by atoms with Crippen LogP contribution >= 0.6 is 0 Å². The molecule has 9 nitrogen and oxygen atoms in total. The van der Waals surface area contributed by atoms with Crippen molar-refractivity contribution in [3.8, 4) is 0 Å². The molecular weight excluding hydrogens is 492 g/mol. The summed E-state index contributed by atoms with van der Waals surface area (Å²) in [7, 11) is 0. The Balaban J connectivity index is 1.22. The van der Waals surface area contributed by atoms with Crippen LogP contribution < -0.4 is 0 Å². The average Bonchev–Trinajstić information content (AvgIpc) is 3.41. The van der Waals surface area contributed by atoms with Gasteiger partial charge in [-0.2, -0.15) is 0 Å². The number of carbonyl (C=O) groups is 2. The number of hydrogen-bond acceptors (Lipinski definition) is 9. The maximum Gasteiger partial charge on any atom is 0.331 e. The highest BCUT2D eigenvalue weighted by Gasteiger charge is 2.71. The van der Waals surface area contributed by atoms with Gasteiger partial charge in [-0.15, -0.1) is 0 Å². The van der Waals surface area contributed by atoms with Crippen molar-refractivity contribution < 1.29 is 44.2 Å². The van der Waals surface area contributed by atoms with Gasteiger partial charge in [-0.25, -0.2) is 4.79 Å². The number of aldehydes is 1. The molecule has 4 N–H and O–H groups in total. The summed E-state index contributed by atoms with van der Waals surface area (Å²) in [6, 6.07) is 0. The first-order valence-electron chi connectivity index (χ1n) is 14.4. The standard InChI is InChI=1S/C29H42O9/c1-16-25(33)22(31)12-24(37-16)38-18-3-8-27(15-30)20-4-7-26(2)19(17-11-23(32)36-14-17)6-10-29(26,35)21(20)5-9-28(27,34)13-18/h11,15-16,18-22,24-25,31,33-35H,3-10,12-14H2,1-2H3/t16-,18+,19+,20+,21-,22+,24-,25-,26-,27+,28+,29?/m1/s1. The van der Waals surface area contributed by atoms with Crippen molar-refractivity contribution in [1.29, 1.82) is 0 Å². The third kappa shape index (κ3) is 3.65. The maximum atomic E-state index is 12.9. The molecule has 2 heterocycles. The Kier molecular flexibility index (Phi) is 6.41. The summed E-state index contributed by atoms with van der Waals surface area (Å²) in [6.45, 7) is 4.13. The normalized spacial score (nSPS) is 54.4. The van der Waals surface area contributed by atoms with Gasteiger partial charge in [0, 0.05) is 24.3 Å². The van der Waals surface area contributed by atoms with E-state index in [2.05, 4.69) is 6.92 Å². The summed E-state index contributed by atoms with van der Waals surface area (Å²) in [4.78, 5) is 24.7. The number of rotatable bonds is 4. The molecule has 0 spiro atoms. The van der Waals surface area contributed by atoms with Gasteiger partial charge in [0.15, 0.2) is 6.29 Å². The molecule has 4 saturated carbocycles. The summed E-state index contributed by atoms with van der Waals surface area (Å²) < 4.78 is 17.1. The minimum Gasteiger partial charge on any atom is -0.458 e. The molecule has 0 radical (unpaired) electrons. The number of hydrogen-bond donors (Lipinski definition) is 4. The first kappa shape index (κ1) is 26.8. The largest absolute Gasteiger partial charge is 0.458 e. The van der Waals surface area contributed by atoms with E-state index in [1.165, 1.54) is 0 Å². The fourth-order valence-corrected chi connectivity index (χ4v) is 9.76. The minimum atomic E-state index is -1.24. The van der Waals surface area contributed by atoms with Gasteiger partial charge in [0.2, 0.25) is 0 Å². The maximum absolute atomic E-state index is 12.9. The monoisotopic (exact) mass is 534 g/mol. The topological polar surface area (TPSA) is 143 Å². The molecule has 12 atom stereocenters. The van der Waals surface area contributed by atoms with Crippen LogP contribution in [-0.4, -0.2) is 81.2 Å². The van der Waals surface area contributed by atoms with Gasteiger partial charge in [-0.1, -0.05) is 6.92 Å². The number of aliphatic hydroxyl groups is 4. The first-order chi connectivity index (χ1) is 18.0. The van der Waals surface area contributed by atoms with E-state index in [-0.39, 0.29) is 36.2 Å². The van der Waals surface area contributed by atoms with Crippen molar-refractivity contribution in [1.82, 2.24) is 0 Å². The molecule has 0 bridgehead atoms. The Bertz CT molecular complexity index is 1000. The van der Waals surface area contributed by atoms with Gasteiger partial charge in [-0.3, -0.25) is 0 Å². The van der Waals surface area contributed by atoms with Crippen molar-refractivity contribution >= 4 is 12.3 Å². The Morgan fingerprint density at radius 1 is 1.05 bits per heavy atom. The molecular formula is C29H42O9. The van der Waals surface area contributed by atoms with Gasteiger partial charge < -0.3 is 39.4 Å². The number of ether oxygens (including phenoxy) is 3. The molecule has 1 saturated heterocycles. The summed E-state index contributed by atoms with van der Waals surface area (Å²) in [5, 5.41) is 44.6. The molecule has 212 valence electrons. The highest BCUT2D eigenvalue weighted by atomic mass is 16.7. The molecule has 0 amide bonds. The van der Waals surface area contributed by atoms with Crippen LogP contribution in [-0.2, 0) is 23.8 Å². The predicted octanol–water partition coefficient (Wildman–Crippen LogP) is 1.78. The van der Waals surface area contributed by atoms with Gasteiger partial charge in [0.1, 0.15) is 19.0 Å². The Morgan fingerprint density at radius 3 is 2.50 bits per heavy atom. The smallest absolute Gasteiger partial charge is 0.331 e. The third-order valence-electron chi connectivity index (χ3n) is 11.9. The molecule has 0 aromatic carbocycles. The Labute approximate surface area is 223 Å². The lowest BCUT2D eigenvalue weighted by Crippen LogP contribution is -2.69. The number of aliphatic hydroxyl groups excluding tert-OH is 2. The lowest BCUT2D eigenvalue weighted by molar-refractivity contribution is -0.286. The lowest BCUT2D eigenvalue weighted by atomic mass is 9.41. The Morgan fingerprint density at radius 2 is 1.82 bits per heavy atom. The van der Waals surface area contributed by atoms with Crippen LogP contribution in [0.15, 0.2) is 11.6 Å². The summed E-state index contributed by atoms with van der Waals surface area (Å²) in [5.41, 5.74) is -2.60. The van der Waals surface area contributed by atoms with E-state index in [4.69, 9.17) is 14.2 Å². The zero-order chi connectivity index (χ0) is 27.1. The summed E-state index contributed by atoms with van der Waals surface area (Å²) in [5.74, 6) is -0.473. The molecule has 38 heavy (non-hydrogen) atoms. The van der Waals surface area contributed by atoms with Gasteiger partial charge in [-0.05, 0) is 81.6 Å². The van der Waals surface area contributed by atoms with Gasteiger partial charge in [0.25, 0.3) is 0 Å². The minimum absolute atomic E-state index is 0.0729. The van der Waals surface area contributed by atoms with Crippen LogP contribution in [0.4, 0.5) is 0 Å². The van der Waals surface area contributed by atoms with Crippen molar-refractivity contribution in [2.45, 2.75) is 120 Å². The molecule has 9 heteroatoms. The van der Waals surface area contributed by atoms with Crippen LogP contribution in [0.5, 0.6) is 0 Å². The molecule has 6 rings (SSSR count). The van der Waals surface area contributed by atoms with Crippen LogP contribution in [0.2, 0.25) is 0 Å². The first-order valence-corrected chi connectivity index (χ1v) is 14.4. The molecule has 0 aromatic heterocycles. The fraction of sp³-hybridized carbons (Fsp3) is 0.862. The molecule has 4 aliphatic carbocycles. The average molecular weight is 535 g/mol. The quantitative estimate of drug-likeness (QED) is 0.241.